The summed E-state index contributed by atoms with van der Waals surface area (Å²) in [5.74, 6) is 0. The number of quaternary nitrogens is 1. The molecule has 1 N–H and O–H groups in total. The fourth-order valence-electron chi connectivity index (χ4n) is 4.60. The molecule has 4 rings (SSSR count). The summed E-state index contributed by atoms with van der Waals surface area (Å²) in [6, 6.07) is 10.1. The molecule has 0 saturated heterocycles. The monoisotopic (exact) mass is 310 g/mol. The molecule has 1 fully saturated rings. The fourth-order valence-corrected chi connectivity index (χ4v) is 4.60. The number of hydrogen-bond donors (Lipinski definition) is 1. The van der Waals surface area contributed by atoms with Gasteiger partial charge in [0, 0.05) is 18.0 Å². The molecule has 2 unspecified atom stereocenters. The van der Waals surface area contributed by atoms with E-state index < -0.39 is 0 Å². The summed E-state index contributed by atoms with van der Waals surface area (Å²) in [7, 11) is 0. The molecule has 1 aromatic carbocycles. The molecule has 1 aliphatic heterocycles. The van der Waals surface area contributed by atoms with Crippen molar-refractivity contribution in [1.29, 1.82) is 0 Å². The average Bonchev–Trinajstić information content (AvgIpc) is 3.21. The average molecular weight is 310 g/mol. The first kappa shape index (κ1) is 14.9. The lowest BCUT2D eigenvalue weighted by molar-refractivity contribution is -0.912. The first-order chi connectivity index (χ1) is 11.3. The highest BCUT2D eigenvalue weighted by Gasteiger charge is 2.42. The maximum Gasteiger partial charge on any atom is 0.148 e. The lowest BCUT2D eigenvalue weighted by Gasteiger charge is -2.31. The molecule has 23 heavy (non-hydrogen) atoms. The van der Waals surface area contributed by atoms with Crippen LogP contribution in [0, 0.1) is 0 Å². The molecule has 1 saturated carbocycles. The summed E-state index contributed by atoms with van der Waals surface area (Å²) >= 11 is 0. The number of nitrogens with one attached hydrogen (secondary N) is 1. The predicted octanol–water partition coefficient (Wildman–Crippen LogP) is 4.27. The standard InChI is InChI=1S/C20H28N3/c1-2-23(20-13-12-16-8-6-7-11-19(16)20)15-18(14-21-23)22-17-9-4-3-5-10-17/h6-8,11,14-15,17,20,22H,2-5,9-10,12-13H2,1H3/q+1. The maximum absolute atomic E-state index is 4.97. The summed E-state index contributed by atoms with van der Waals surface area (Å²) < 4.78 is 0.742. The molecule has 1 heterocycles. The zero-order valence-corrected chi connectivity index (χ0v) is 14.2. The van der Waals surface area contributed by atoms with Crippen LogP contribution >= 0.6 is 0 Å². The number of fused-ring (bicyclic) bond motifs is 1. The van der Waals surface area contributed by atoms with Crippen molar-refractivity contribution < 1.29 is 4.59 Å². The second kappa shape index (κ2) is 6.12. The smallest absolute Gasteiger partial charge is 0.148 e. The van der Waals surface area contributed by atoms with E-state index in [4.69, 9.17) is 5.10 Å². The molecule has 3 nitrogen and oxygen atoms in total. The number of allylic oxidation sites excluding steroid dienone is 1. The second-order valence-corrected chi connectivity index (χ2v) is 7.26. The SMILES string of the molecule is CC[N+]1(C2CCc3ccccc32)C=C(NC2CCCCC2)C=N1. The Hall–Kier alpha value is -1.61. The molecule has 2 aliphatic carbocycles. The molecule has 3 aliphatic rings. The third kappa shape index (κ3) is 2.72. The Kier molecular flexibility index (Phi) is 3.98. The lowest BCUT2D eigenvalue weighted by atomic mass is 9.95. The van der Waals surface area contributed by atoms with Gasteiger partial charge in [-0.05, 0) is 31.7 Å². The van der Waals surface area contributed by atoms with Crippen LogP contribution in [0.1, 0.15) is 62.6 Å². The Bertz CT molecular complexity index is 628. The van der Waals surface area contributed by atoms with Crippen molar-refractivity contribution in [3.63, 3.8) is 0 Å². The lowest BCUT2D eigenvalue weighted by Crippen LogP contribution is -2.39. The van der Waals surface area contributed by atoms with Crippen LogP contribution < -0.4 is 5.32 Å². The molecule has 0 radical (unpaired) electrons. The molecule has 0 amide bonds. The normalized spacial score (nSPS) is 30.3. The molecule has 0 spiro atoms. The van der Waals surface area contributed by atoms with Crippen LogP contribution in [0.2, 0.25) is 0 Å². The van der Waals surface area contributed by atoms with Crippen molar-refractivity contribution in [3.8, 4) is 0 Å². The van der Waals surface area contributed by atoms with Crippen LogP contribution in [-0.4, -0.2) is 23.4 Å². The molecule has 1 aromatic rings. The Balaban J connectivity index is 1.56. The van der Waals surface area contributed by atoms with Gasteiger partial charge < -0.3 is 5.32 Å². The number of hydrogen-bond acceptors (Lipinski definition) is 2. The van der Waals surface area contributed by atoms with Gasteiger partial charge in [0.25, 0.3) is 0 Å². The molecule has 3 heteroatoms. The number of rotatable bonds is 4. The van der Waals surface area contributed by atoms with E-state index in [1.807, 2.05) is 0 Å². The first-order valence-electron chi connectivity index (χ1n) is 9.31. The summed E-state index contributed by atoms with van der Waals surface area (Å²) in [6.07, 6.45) is 13.6. The summed E-state index contributed by atoms with van der Waals surface area (Å²) in [6.45, 7) is 3.28. The van der Waals surface area contributed by atoms with Gasteiger partial charge in [0.2, 0.25) is 0 Å². The zero-order valence-electron chi connectivity index (χ0n) is 14.2. The van der Waals surface area contributed by atoms with Gasteiger partial charge in [0.1, 0.15) is 30.7 Å². The van der Waals surface area contributed by atoms with E-state index in [1.165, 1.54) is 61.8 Å². The quantitative estimate of drug-likeness (QED) is 0.825. The molecule has 2 atom stereocenters. The van der Waals surface area contributed by atoms with Crippen molar-refractivity contribution in [2.24, 2.45) is 5.10 Å². The maximum atomic E-state index is 4.97. The highest BCUT2D eigenvalue weighted by Crippen LogP contribution is 2.42. The van der Waals surface area contributed by atoms with E-state index in [9.17, 15) is 0 Å². The summed E-state index contributed by atoms with van der Waals surface area (Å²) in [5.41, 5.74) is 4.26. The van der Waals surface area contributed by atoms with Gasteiger partial charge >= 0.3 is 0 Å². The number of nitrogens with zero attached hydrogens (tertiary/aromatic N) is 2. The minimum Gasteiger partial charge on any atom is -0.377 e. The van der Waals surface area contributed by atoms with E-state index in [1.54, 1.807) is 0 Å². The van der Waals surface area contributed by atoms with Crippen LogP contribution in [0.25, 0.3) is 0 Å². The van der Waals surface area contributed by atoms with Crippen molar-refractivity contribution >= 4 is 6.21 Å². The summed E-state index contributed by atoms with van der Waals surface area (Å²) in [4.78, 5) is 0. The molecular formula is C20H28N3+. The number of benzene rings is 1. The van der Waals surface area contributed by atoms with E-state index in [0.29, 0.717) is 12.1 Å². The molecule has 122 valence electrons. The van der Waals surface area contributed by atoms with Gasteiger partial charge in [0.05, 0.1) is 0 Å². The van der Waals surface area contributed by atoms with Crippen molar-refractivity contribution in [3.05, 3.63) is 47.3 Å². The van der Waals surface area contributed by atoms with Gasteiger partial charge in [0.15, 0.2) is 0 Å². The summed E-state index contributed by atoms with van der Waals surface area (Å²) in [5, 5.41) is 8.72. The number of aryl methyl sites for hydroxylation is 1. The highest BCUT2D eigenvalue weighted by molar-refractivity contribution is 5.78. The Labute approximate surface area is 139 Å². The topological polar surface area (TPSA) is 24.4 Å². The first-order valence-corrected chi connectivity index (χ1v) is 9.31. The second-order valence-electron chi connectivity index (χ2n) is 7.26. The van der Waals surface area contributed by atoms with Crippen LogP contribution in [0.4, 0.5) is 0 Å². The Morgan fingerprint density at radius 2 is 1.96 bits per heavy atom. The Morgan fingerprint density at radius 3 is 2.78 bits per heavy atom. The van der Waals surface area contributed by atoms with Gasteiger partial charge in [-0.25, -0.2) is 0 Å². The third-order valence-electron chi connectivity index (χ3n) is 5.90. The van der Waals surface area contributed by atoms with Gasteiger partial charge in [-0.3, -0.25) is 0 Å². The third-order valence-corrected chi connectivity index (χ3v) is 5.90. The van der Waals surface area contributed by atoms with Gasteiger partial charge in [-0.2, -0.15) is 4.59 Å². The van der Waals surface area contributed by atoms with Gasteiger partial charge in [-0.15, -0.1) is 0 Å². The molecule has 0 aromatic heterocycles. The van der Waals surface area contributed by atoms with Crippen LogP contribution in [0.3, 0.4) is 0 Å². The Morgan fingerprint density at radius 1 is 1.13 bits per heavy atom. The fraction of sp³-hybridized carbons (Fsp3) is 0.550. The van der Waals surface area contributed by atoms with E-state index in [0.717, 1.165) is 11.1 Å². The minimum atomic E-state index is 0.484. The van der Waals surface area contributed by atoms with Crippen LogP contribution in [-0.2, 0) is 6.42 Å². The van der Waals surface area contributed by atoms with Crippen molar-refractivity contribution in [1.82, 2.24) is 5.32 Å². The van der Waals surface area contributed by atoms with Crippen molar-refractivity contribution in [2.75, 3.05) is 6.54 Å². The zero-order chi connectivity index (χ0) is 15.7. The largest absolute Gasteiger partial charge is 0.377 e. The van der Waals surface area contributed by atoms with E-state index in [2.05, 4.69) is 48.9 Å². The highest BCUT2D eigenvalue weighted by atomic mass is 15.6. The van der Waals surface area contributed by atoms with E-state index in [-0.39, 0.29) is 0 Å². The van der Waals surface area contributed by atoms with Crippen molar-refractivity contribution in [2.45, 2.75) is 64.0 Å². The predicted molar refractivity (Wildman–Crippen MR) is 94.9 cm³/mol. The molecular weight excluding hydrogens is 282 g/mol. The van der Waals surface area contributed by atoms with Crippen LogP contribution in [0.15, 0.2) is 41.3 Å². The molecule has 0 bridgehead atoms. The minimum absolute atomic E-state index is 0.484. The van der Waals surface area contributed by atoms with Gasteiger partial charge in [-0.1, -0.05) is 48.6 Å². The van der Waals surface area contributed by atoms with Crippen LogP contribution in [0.5, 0.6) is 0 Å². The van der Waals surface area contributed by atoms with E-state index >= 15 is 0 Å².